The molecule has 1 aromatic carbocycles. The zero-order valence-electron chi connectivity index (χ0n) is 11.8. The van der Waals surface area contributed by atoms with Gasteiger partial charge in [0.25, 0.3) is 0 Å². The lowest BCUT2D eigenvalue weighted by Crippen LogP contribution is -2.16. The maximum atomic E-state index is 11.9. The standard InChI is InChI=1S/C16H19NO3/c1-3-19-16(18)15-13(2)9-10-17(15)11-12-20-14-7-5-4-6-8-14/h4-10H,3,11-12H2,1-2H3. The highest BCUT2D eigenvalue weighted by Crippen LogP contribution is 2.13. The van der Waals surface area contributed by atoms with Crippen molar-refractivity contribution < 1.29 is 14.3 Å². The quantitative estimate of drug-likeness (QED) is 0.759. The molecule has 0 saturated carbocycles. The van der Waals surface area contributed by atoms with E-state index in [2.05, 4.69) is 0 Å². The molecule has 2 aromatic rings. The van der Waals surface area contributed by atoms with Crippen LogP contribution in [0.5, 0.6) is 5.75 Å². The van der Waals surface area contributed by atoms with Crippen LogP contribution in [0, 0.1) is 6.92 Å². The second kappa shape index (κ2) is 6.80. The SMILES string of the molecule is CCOC(=O)c1c(C)ccn1CCOc1ccccc1. The molecule has 0 aliphatic carbocycles. The van der Waals surface area contributed by atoms with Gasteiger partial charge in [0.1, 0.15) is 18.1 Å². The summed E-state index contributed by atoms with van der Waals surface area (Å²) < 4.78 is 12.6. The van der Waals surface area contributed by atoms with Crippen molar-refractivity contribution in [3.8, 4) is 5.75 Å². The number of para-hydroxylation sites is 1. The third-order valence-electron chi connectivity index (χ3n) is 2.98. The molecule has 0 aliphatic heterocycles. The smallest absolute Gasteiger partial charge is 0.355 e. The van der Waals surface area contributed by atoms with Crippen molar-refractivity contribution in [3.63, 3.8) is 0 Å². The van der Waals surface area contributed by atoms with E-state index in [4.69, 9.17) is 9.47 Å². The van der Waals surface area contributed by atoms with E-state index in [-0.39, 0.29) is 5.97 Å². The first kappa shape index (κ1) is 14.2. The van der Waals surface area contributed by atoms with Crippen LogP contribution >= 0.6 is 0 Å². The predicted octanol–water partition coefficient (Wildman–Crippen LogP) is 3.05. The highest BCUT2D eigenvalue weighted by Gasteiger charge is 2.15. The van der Waals surface area contributed by atoms with E-state index in [1.54, 1.807) is 6.92 Å². The molecule has 0 bridgehead atoms. The van der Waals surface area contributed by atoms with Gasteiger partial charge < -0.3 is 14.0 Å². The van der Waals surface area contributed by atoms with Gasteiger partial charge in [-0.1, -0.05) is 18.2 Å². The maximum absolute atomic E-state index is 11.9. The van der Waals surface area contributed by atoms with E-state index in [0.29, 0.717) is 25.5 Å². The van der Waals surface area contributed by atoms with Crippen LogP contribution in [-0.4, -0.2) is 23.8 Å². The fraction of sp³-hybridized carbons (Fsp3) is 0.312. The van der Waals surface area contributed by atoms with Crippen molar-refractivity contribution in [1.82, 2.24) is 4.57 Å². The van der Waals surface area contributed by atoms with Crippen LogP contribution in [0.1, 0.15) is 23.0 Å². The van der Waals surface area contributed by atoms with Gasteiger partial charge in [-0.15, -0.1) is 0 Å². The van der Waals surface area contributed by atoms with Crippen LogP contribution in [0.25, 0.3) is 0 Å². The number of hydrogen-bond donors (Lipinski definition) is 0. The summed E-state index contributed by atoms with van der Waals surface area (Å²) in [5.74, 6) is 0.545. The first-order chi connectivity index (χ1) is 9.72. The number of esters is 1. The van der Waals surface area contributed by atoms with Gasteiger partial charge >= 0.3 is 5.97 Å². The molecule has 106 valence electrons. The van der Waals surface area contributed by atoms with Crippen molar-refractivity contribution in [1.29, 1.82) is 0 Å². The number of benzene rings is 1. The molecule has 0 aliphatic rings. The lowest BCUT2D eigenvalue weighted by atomic mass is 10.3. The van der Waals surface area contributed by atoms with E-state index in [1.807, 2.05) is 54.1 Å². The average Bonchev–Trinajstić information content (AvgIpc) is 2.81. The van der Waals surface area contributed by atoms with Gasteiger partial charge in [0.15, 0.2) is 0 Å². The van der Waals surface area contributed by atoms with Gasteiger partial charge in [-0.25, -0.2) is 4.79 Å². The number of aromatic nitrogens is 1. The summed E-state index contributed by atoms with van der Waals surface area (Å²) in [6.07, 6.45) is 1.88. The zero-order valence-corrected chi connectivity index (χ0v) is 11.8. The van der Waals surface area contributed by atoms with Gasteiger partial charge in [-0.2, -0.15) is 0 Å². The molecule has 0 unspecified atom stereocenters. The van der Waals surface area contributed by atoms with Gasteiger partial charge in [0, 0.05) is 6.20 Å². The zero-order chi connectivity index (χ0) is 14.4. The van der Waals surface area contributed by atoms with Crippen molar-refractivity contribution in [3.05, 3.63) is 53.9 Å². The van der Waals surface area contributed by atoms with Gasteiger partial charge in [0.2, 0.25) is 0 Å². The summed E-state index contributed by atoms with van der Waals surface area (Å²) in [6.45, 7) is 5.20. The Hall–Kier alpha value is -2.23. The van der Waals surface area contributed by atoms with Crippen molar-refractivity contribution in [2.45, 2.75) is 20.4 Å². The Morgan fingerprint density at radius 3 is 2.65 bits per heavy atom. The summed E-state index contributed by atoms with van der Waals surface area (Å²) in [7, 11) is 0. The second-order valence-electron chi connectivity index (χ2n) is 4.42. The molecular formula is C16H19NO3. The van der Waals surface area contributed by atoms with Crippen LogP contribution < -0.4 is 4.74 Å². The van der Waals surface area contributed by atoms with Gasteiger partial charge in [-0.05, 0) is 37.6 Å². The summed E-state index contributed by atoms with van der Waals surface area (Å²) in [4.78, 5) is 11.9. The van der Waals surface area contributed by atoms with E-state index < -0.39 is 0 Å². The van der Waals surface area contributed by atoms with Crippen LogP contribution in [0.4, 0.5) is 0 Å². The minimum atomic E-state index is -0.283. The molecule has 0 spiro atoms. The van der Waals surface area contributed by atoms with Crippen LogP contribution in [-0.2, 0) is 11.3 Å². The van der Waals surface area contributed by atoms with Crippen molar-refractivity contribution in [2.75, 3.05) is 13.2 Å². The van der Waals surface area contributed by atoms with Crippen LogP contribution in [0.15, 0.2) is 42.6 Å². The molecule has 1 heterocycles. The number of hydrogen-bond acceptors (Lipinski definition) is 3. The minimum absolute atomic E-state index is 0.283. The Morgan fingerprint density at radius 1 is 1.20 bits per heavy atom. The van der Waals surface area contributed by atoms with Gasteiger partial charge in [0.05, 0.1) is 13.2 Å². The Kier molecular flexibility index (Phi) is 4.82. The molecular weight excluding hydrogens is 254 g/mol. The first-order valence-corrected chi connectivity index (χ1v) is 6.73. The number of carbonyl (C=O) groups excluding carboxylic acids is 1. The Labute approximate surface area is 118 Å². The second-order valence-corrected chi connectivity index (χ2v) is 4.42. The minimum Gasteiger partial charge on any atom is -0.492 e. The molecule has 4 heteroatoms. The molecule has 20 heavy (non-hydrogen) atoms. The van der Waals surface area contributed by atoms with Gasteiger partial charge in [-0.3, -0.25) is 0 Å². The molecule has 0 fully saturated rings. The van der Waals surface area contributed by atoms with E-state index in [1.165, 1.54) is 0 Å². The Morgan fingerprint density at radius 2 is 1.95 bits per heavy atom. The molecule has 2 rings (SSSR count). The van der Waals surface area contributed by atoms with E-state index >= 15 is 0 Å². The number of rotatable bonds is 6. The summed E-state index contributed by atoms with van der Waals surface area (Å²) in [5, 5.41) is 0. The number of nitrogens with zero attached hydrogens (tertiary/aromatic N) is 1. The summed E-state index contributed by atoms with van der Waals surface area (Å²) >= 11 is 0. The Balaban J connectivity index is 1.98. The maximum Gasteiger partial charge on any atom is 0.355 e. The molecule has 0 atom stereocenters. The molecule has 0 radical (unpaired) electrons. The number of aryl methyl sites for hydroxylation is 1. The number of ether oxygens (including phenoxy) is 2. The fourth-order valence-electron chi connectivity index (χ4n) is 2.02. The number of carbonyl (C=O) groups is 1. The van der Waals surface area contributed by atoms with E-state index in [9.17, 15) is 4.79 Å². The lowest BCUT2D eigenvalue weighted by Gasteiger charge is -2.10. The first-order valence-electron chi connectivity index (χ1n) is 6.73. The lowest BCUT2D eigenvalue weighted by molar-refractivity contribution is 0.0512. The monoisotopic (exact) mass is 273 g/mol. The Bertz CT molecular complexity index is 560. The summed E-state index contributed by atoms with van der Waals surface area (Å²) in [5.41, 5.74) is 1.52. The van der Waals surface area contributed by atoms with E-state index in [0.717, 1.165) is 11.3 Å². The average molecular weight is 273 g/mol. The predicted molar refractivity (Wildman–Crippen MR) is 77.1 cm³/mol. The molecule has 4 nitrogen and oxygen atoms in total. The molecule has 0 saturated heterocycles. The highest BCUT2D eigenvalue weighted by molar-refractivity contribution is 5.89. The normalized spacial score (nSPS) is 10.3. The third-order valence-corrected chi connectivity index (χ3v) is 2.98. The van der Waals surface area contributed by atoms with Crippen LogP contribution in [0.2, 0.25) is 0 Å². The third kappa shape index (κ3) is 3.41. The largest absolute Gasteiger partial charge is 0.492 e. The highest BCUT2D eigenvalue weighted by atomic mass is 16.5. The van der Waals surface area contributed by atoms with Crippen molar-refractivity contribution >= 4 is 5.97 Å². The summed E-state index contributed by atoms with van der Waals surface area (Å²) in [6, 6.07) is 11.5. The van der Waals surface area contributed by atoms with Crippen molar-refractivity contribution in [2.24, 2.45) is 0 Å². The topological polar surface area (TPSA) is 40.5 Å². The molecule has 1 aromatic heterocycles. The van der Waals surface area contributed by atoms with Crippen LogP contribution in [0.3, 0.4) is 0 Å². The molecule has 0 amide bonds. The molecule has 0 N–H and O–H groups in total. The fourth-order valence-corrected chi connectivity index (χ4v) is 2.02.